The van der Waals surface area contributed by atoms with Crippen molar-refractivity contribution in [3.63, 3.8) is 0 Å². The highest BCUT2D eigenvalue weighted by molar-refractivity contribution is 7.90. The van der Waals surface area contributed by atoms with Crippen LogP contribution in [0, 0.1) is 0 Å². The molecule has 0 atom stereocenters. The summed E-state index contributed by atoms with van der Waals surface area (Å²) in [4.78, 5) is 5.68. The molecule has 0 N–H and O–H groups in total. The molecular weight excluding hydrogens is 288 g/mol. The predicted octanol–water partition coefficient (Wildman–Crippen LogP) is 2.01. The maximum Gasteiger partial charge on any atom is 0.284 e. The number of sulfonamides is 1. The summed E-state index contributed by atoms with van der Waals surface area (Å²) in [7, 11) is -3.74. The SMILES string of the molecule is CCCCOn1ccccc1=NS(=O)(=O)c1ccccc1. The average Bonchev–Trinajstić information content (AvgIpc) is 2.50. The normalized spacial score (nSPS) is 12.3. The number of benzene rings is 1. The van der Waals surface area contributed by atoms with E-state index in [1.807, 2.05) is 0 Å². The van der Waals surface area contributed by atoms with Gasteiger partial charge in [0.15, 0.2) is 5.49 Å². The maximum absolute atomic E-state index is 12.2. The van der Waals surface area contributed by atoms with Crippen LogP contribution >= 0.6 is 0 Å². The third kappa shape index (κ3) is 4.19. The third-order valence-corrected chi connectivity index (χ3v) is 4.08. The summed E-state index contributed by atoms with van der Waals surface area (Å²) in [6, 6.07) is 13.2. The van der Waals surface area contributed by atoms with Crippen LogP contribution in [0.1, 0.15) is 19.8 Å². The number of aromatic nitrogens is 1. The third-order valence-electron chi connectivity index (χ3n) is 2.79. The largest absolute Gasteiger partial charge is 0.412 e. The van der Waals surface area contributed by atoms with Crippen LogP contribution < -0.4 is 10.3 Å². The van der Waals surface area contributed by atoms with E-state index in [9.17, 15) is 8.42 Å². The van der Waals surface area contributed by atoms with Crippen LogP contribution in [-0.4, -0.2) is 19.8 Å². The number of rotatable bonds is 6. The fourth-order valence-corrected chi connectivity index (χ4v) is 2.67. The molecule has 0 spiro atoms. The van der Waals surface area contributed by atoms with E-state index >= 15 is 0 Å². The van der Waals surface area contributed by atoms with E-state index in [-0.39, 0.29) is 10.4 Å². The van der Waals surface area contributed by atoms with Crippen LogP contribution in [0.2, 0.25) is 0 Å². The van der Waals surface area contributed by atoms with E-state index in [0.29, 0.717) is 6.61 Å². The molecule has 0 aliphatic carbocycles. The Morgan fingerprint density at radius 3 is 2.52 bits per heavy atom. The summed E-state index contributed by atoms with van der Waals surface area (Å²) in [6.07, 6.45) is 3.55. The molecule has 2 rings (SSSR count). The molecule has 0 unspecified atom stereocenters. The van der Waals surface area contributed by atoms with Gasteiger partial charge in [-0.1, -0.05) is 37.6 Å². The lowest BCUT2D eigenvalue weighted by atomic mass is 10.4. The van der Waals surface area contributed by atoms with Gasteiger partial charge in [0.2, 0.25) is 0 Å². The first kappa shape index (κ1) is 15.3. The summed E-state index contributed by atoms with van der Waals surface area (Å²) < 4.78 is 29.7. The minimum Gasteiger partial charge on any atom is -0.412 e. The molecule has 0 saturated heterocycles. The van der Waals surface area contributed by atoms with Crippen molar-refractivity contribution in [2.75, 3.05) is 6.61 Å². The van der Waals surface area contributed by atoms with Crippen LogP contribution in [0.15, 0.2) is 64.0 Å². The highest BCUT2D eigenvalue weighted by Gasteiger charge is 2.11. The van der Waals surface area contributed by atoms with Crippen molar-refractivity contribution in [2.24, 2.45) is 4.40 Å². The lowest BCUT2D eigenvalue weighted by molar-refractivity contribution is 0.0979. The zero-order chi connectivity index (χ0) is 15.1. The van der Waals surface area contributed by atoms with Crippen LogP contribution in [0.3, 0.4) is 0 Å². The standard InChI is InChI=1S/C15H18N2O3S/c1-2-3-13-20-17-12-8-7-11-15(17)16-21(18,19)14-9-5-4-6-10-14/h4-12H,2-3,13H2,1H3. The second-order valence-corrected chi connectivity index (χ2v) is 6.05. The van der Waals surface area contributed by atoms with Crippen molar-refractivity contribution in [2.45, 2.75) is 24.7 Å². The summed E-state index contributed by atoms with van der Waals surface area (Å²) in [5.74, 6) is 0. The summed E-state index contributed by atoms with van der Waals surface area (Å²) in [5.41, 5.74) is 0.248. The molecule has 112 valence electrons. The lowest BCUT2D eigenvalue weighted by Gasteiger charge is -2.08. The molecule has 1 heterocycles. The molecule has 21 heavy (non-hydrogen) atoms. The van der Waals surface area contributed by atoms with Crippen molar-refractivity contribution >= 4 is 10.0 Å². The topological polar surface area (TPSA) is 60.7 Å². The van der Waals surface area contributed by atoms with E-state index in [1.165, 1.54) is 16.9 Å². The highest BCUT2D eigenvalue weighted by Crippen LogP contribution is 2.09. The van der Waals surface area contributed by atoms with E-state index in [1.54, 1.807) is 42.6 Å². The molecule has 0 aliphatic rings. The van der Waals surface area contributed by atoms with E-state index in [0.717, 1.165) is 12.8 Å². The van der Waals surface area contributed by atoms with Crippen LogP contribution in [-0.2, 0) is 10.0 Å². The number of hydrogen-bond acceptors (Lipinski definition) is 3. The zero-order valence-corrected chi connectivity index (χ0v) is 12.7. The molecule has 0 amide bonds. The zero-order valence-electron chi connectivity index (χ0n) is 11.8. The summed E-state index contributed by atoms with van der Waals surface area (Å²) >= 11 is 0. The molecule has 0 fully saturated rings. The quantitative estimate of drug-likeness (QED) is 0.767. The van der Waals surface area contributed by atoms with Crippen molar-refractivity contribution in [1.82, 2.24) is 4.73 Å². The van der Waals surface area contributed by atoms with Gasteiger partial charge in [-0.3, -0.25) is 0 Å². The Bertz CT molecular complexity index is 737. The number of unbranched alkanes of at least 4 members (excludes halogenated alkanes) is 1. The summed E-state index contributed by atoms with van der Waals surface area (Å²) in [5, 5.41) is 0. The molecule has 0 aliphatic heterocycles. The van der Waals surface area contributed by atoms with Crippen LogP contribution in [0.25, 0.3) is 0 Å². The first-order valence-electron chi connectivity index (χ1n) is 6.80. The predicted molar refractivity (Wildman–Crippen MR) is 80.0 cm³/mol. The second-order valence-electron chi connectivity index (χ2n) is 4.45. The van der Waals surface area contributed by atoms with Gasteiger partial charge in [-0.15, -0.1) is 4.40 Å². The fraction of sp³-hybridized carbons (Fsp3) is 0.267. The van der Waals surface area contributed by atoms with Gasteiger partial charge >= 0.3 is 0 Å². The van der Waals surface area contributed by atoms with Crippen molar-refractivity contribution < 1.29 is 13.3 Å². The van der Waals surface area contributed by atoms with Crippen molar-refractivity contribution in [3.8, 4) is 0 Å². The van der Waals surface area contributed by atoms with Crippen LogP contribution in [0.4, 0.5) is 0 Å². The highest BCUT2D eigenvalue weighted by atomic mass is 32.2. The van der Waals surface area contributed by atoms with Crippen molar-refractivity contribution in [1.29, 1.82) is 0 Å². The van der Waals surface area contributed by atoms with Crippen molar-refractivity contribution in [3.05, 3.63) is 60.2 Å². The van der Waals surface area contributed by atoms with Gasteiger partial charge in [0, 0.05) is 6.20 Å². The number of nitrogens with zero attached hydrogens (tertiary/aromatic N) is 2. The summed E-state index contributed by atoms with van der Waals surface area (Å²) in [6.45, 7) is 2.57. The van der Waals surface area contributed by atoms with Gasteiger partial charge in [0.05, 0.1) is 4.90 Å². The Morgan fingerprint density at radius 2 is 1.81 bits per heavy atom. The molecular formula is C15H18N2O3S. The monoisotopic (exact) mass is 306 g/mol. The fourth-order valence-electron chi connectivity index (χ4n) is 1.67. The molecule has 2 aromatic rings. The molecule has 0 bridgehead atoms. The Morgan fingerprint density at radius 1 is 1.10 bits per heavy atom. The van der Waals surface area contributed by atoms with Gasteiger partial charge in [-0.05, 0) is 30.7 Å². The minimum absolute atomic E-state index is 0.161. The first-order valence-corrected chi connectivity index (χ1v) is 8.24. The Kier molecular flexibility index (Phi) is 5.16. The molecule has 5 nitrogen and oxygen atoms in total. The number of pyridine rings is 1. The Hall–Kier alpha value is -2.08. The Balaban J connectivity index is 2.37. The first-order chi connectivity index (χ1) is 10.1. The maximum atomic E-state index is 12.2. The van der Waals surface area contributed by atoms with Crippen LogP contribution in [0.5, 0.6) is 0 Å². The average molecular weight is 306 g/mol. The lowest BCUT2D eigenvalue weighted by Crippen LogP contribution is -2.28. The van der Waals surface area contributed by atoms with Gasteiger partial charge in [0.1, 0.15) is 6.61 Å². The smallest absolute Gasteiger partial charge is 0.284 e. The van der Waals surface area contributed by atoms with Gasteiger partial charge in [-0.25, -0.2) is 0 Å². The number of hydrogen-bond donors (Lipinski definition) is 0. The molecule has 0 saturated carbocycles. The van der Waals surface area contributed by atoms with Gasteiger partial charge in [0.25, 0.3) is 10.0 Å². The molecule has 1 aromatic carbocycles. The molecule has 0 radical (unpaired) electrons. The van der Waals surface area contributed by atoms with Gasteiger partial charge < -0.3 is 4.84 Å². The molecule has 6 heteroatoms. The van der Waals surface area contributed by atoms with E-state index < -0.39 is 10.0 Å². The minimum atomic E-state index is -3.74. The molecule has 1 aromatic heterocycles. The Labute approximate surface area is 124 Å². The van der Waals surface area contributed by atoms with Gasteiger partial charge in [-0.2, -0.15) is 13.1 Å². The van der Waals surface area contributed by atoms with E-state index in [2.05, 4.69) is 11.3 Å². The second kappa shape index (κ2) is 7.08. The van der Waals surface area contributed by atoms with E-state index in [4.69, 9.17) is 4.84 Å².